The van der Waals surface area contributed by atoms with Crippen molar-refractivity contribution in [2.45, 2.75) is 19.3 Å². The van der Waals surface area contributed by atoms with Crippen molar-refractivity contribution in [3.8, 4) is 11.5 Å². The Bertz CT molecular complexity index is 352. The van der Waals surface area contributed by atoms with Gasteiger partial charge in [0.25, 0.3) is 0 Å². The van der Waals surface area contributed by atoms with E-state index in [1.54, 1.807) is 14.2 Å². The topological polar surface area (TPSA) is 71.0 Å². The Morgan fingerprint density at radius 2 is 1.88 bits per heavy atom. The molecule has 0 radical (unpaired) electrons. The maximum Gasteiger partial charge on any atom is 0.169 e. The summed E-state index contributed by atoms with van der Waals surface area (Å²) < 4.78 is 10.1. The van der Waals surface area contributed by atoms with Crippen molar-refractivity contribution in [1.29, 1.82) is 0 Å². The molecule has 0 fully saturated rings. The van der Waals surface area contributed by atoms with Crippen LogP contribution in [0.25, 0.3) is 0 Å². The summed E-state index contributed by atoms with van der Waals surface area (Å²) in [6, 6.07) is 4.32. The highest BCUT2D eigenvalue weighted by atomic mass is 16.7. The van der Waals surface area contributed by atoms with E-state index >= 15 is 0 Å². The molecule has 0 saturated heterocycles. The van der Waals surface area contributed by atoms with Crippen LogP contribution in [0.1, 0.15) is 18.5 Å². The Hall–Kier alpha value is -1.30. The average molecular weight is 241 g/mol. The number of phenolic OH excluding ortho intramolecular Hbond substituents is 2. The molecule has 0 spiro atoms. The molecule has 0 heterocycles. The number of rotatable bonds is 6. The fraction of sp³-hybridized carbons (Fsp3) is 0.500. The number of aromatic hydroxyl groups is 2. The lowest BCUT2D eigenvalue weighted by atomic mass is 10.1. The quantitative estimate of drug-likeness (QED) is 0.518. The third-order valence-electron chi connectivity index (χ3n) is 2.59. The summed E-state index contributed by atoms with van der Waals surface area (Å²) in [6.45, 7) is 2.38. The van der Waals surface area contributed by atoms with Crippen molar-refractivity contribution in [2.24, 2.45) is 0 Å². The maximum absolute atomic E-state index is 9.67. The molecule has 5 nitrogen and oxygen atoms in total. The molecular formula is C12H19NO4. The van der Waals surface area contributed by atoms with Crippen LogP contribution < -0.4 is 5.32 Å². The first-order valence-corrected chi connectivity index (χ1v) is 5.39. The molecule has 17 heavy (non-hydrogen) atoms. The van der Waals surface area contributed by atoms with Crippen LogP contribution in [-0.2, 0) is 9.47 Å². The van der Waals surface area contributed by atoms with Gasteiger partial charge in [0, 0.05) is 32.4 Å². The van der Waals surface area contributed by atoms with E-state index in [9.17, 15) is 10.2 Å². The summed E-state index contributed by atoms with van der Waals surface area (Å²) in [6.07, 6.45) is -0.336. The van der Waals surface area contributed by atoms with Gasteiger partial charge >= 0.3 is 0 Å². The summed E-state index contributed by atoms with van der Waals surface area (Å²) >= 11 is 0. The fourth-order valence-corrected chi connectivity index (χ4v) is 1.53. The minimum atomic E-state index is -0.336. The predicted octanol–water partition coefficient (Wildman–Crippen LogP) is 1.37. The molecule has 5 heteroatoms. The van der Waals surface area contributed by atoms with E-state index in [1.807, 2.05) is 6.92 Å². The minimum absolute atomic E-state index is 0.116. The minimum Gasteiger partial charge on any atom is -0.508 e. The molecule has 1 rings (SSSR count). The van der Waals surface area contributed by atoms with Gasteiger partial charge in [0.1, 0.15) is 11.5 Å². The van der Waals surface area contributed by atoms with Crippen LogP contribution in [0.3, 0.4) is 0 Å². The van der Waals surface area contributed by atoms with Crippen LogP contribution in [0, 0.1) is 0 Å². The summed E-state index contributed by atoms with van der Waals surface area (Å²) in [4.78, 5) is 0. The monoisotopic (exact) mass is 241 g/mol. The van der Waals surface area contributed by atoms with Gasteiger partial charge in [0.15, 0.2) is 6.29 Å². The highest BCUT2D eigenvalue weighted by molar-refractivity contribution is 5.40. The fourth-order valence-electron chi connectivity index (χ4n) is 1.53. The standard InChI is InChI=1S/C12H19NO4/c1-8(13-7-12(16-2)17-3)10-6-9(14)4-5-11(10)15/h4-6,8,12-15H,7H2,1-3H3. The number of hydrogen-bond acceptors (Lipinski definition) is 5. The van der Waals surface area contributed by atoms with Crippen molar-refractivity contribution in [1.82, 2.24) is 5.32 Å². The van der Waals surface area contributed by atoms with Gasteiger partial charge in [0.05, 0.1) is 0 Å². The first-order valence-electron chi connectivity index (χ1n) is 5.39. The normalized spacial score (nSPS) is 12.9. The van der Waals surface area contributed by atoms with E-state index in [-0.39, 0.29) is 23.8 Å². The number of hydrogen-bond donors (Lipinski definition) is 3. The Labute approximate surface area is 101 Å². The van der Waals surface area contributed by atoms with Crippen molar-refractivity contribution < 1.29 is 19.7 Å². The SMILES string of the molecule is COC(CNC(C)c1cc(O)ccc1O)OC. The molecule has 0 aliphatic carbocycles. The molecule has 1 atom stereocenters. The Morgan fingerprint density at radius 3 is 2.47 bits per heavy atom. The van der Waals surface area contributed by atoms with Crippen LogP contribution in [0.5, 0.6) is 11.5 Å². The molecule has 0 aliphatic heterocycles. The zero-order valence-electron chi connectivity index (χ0n) is 10.3. The molecule has 0 aliphatic rings. The predicted molar refractivity (Wildman–Crippen MR) is 64.0 cm³/mol. The molecule has 96 valence electrons. The third-order valence-corrected chi connectivity index (χ3v) is 2.59. The summed E-state index contributed by atoms with van der Waals surface area (Å²) in [5, 5.41) is 22.2. The zero-order valence-corrected chi connectivity index (χ0v) is 10.3. The highest BCUT2D eigenvalue weighted by Gasteiger charge is 2.13. The van der Waals surface area contributed by atoms with Gasteiger partial charge in [-0.2, -0.15) is 0 Å². The number of ether oxygens (including phenoxy) is 2. The van der Waals surface area contributed by atoms with Crippen molar-refractivity contribution >= 4 is 0 Å². The molecule has 1 aromatic rings. The second kappa shape index (κ2) is 6.44. The first-order chi connectivity index (χ1) is 8.08. The number of nitrogens with one attached hydrogen (secondary N) is 1. The molecule has 0 saturated carbocycles. The van der Waals surface area contributed by atoms with Crippen molar-refractivity contribution in [2.75, 3.05) is 20.8 Å². The Balaban J connectivity index is 2.63. The van der Waals surface area contributed by atoms with E-state index in [0.717, 1.165) is 0 Å². The van der Waals surface area contributed by atoms with E-state index in [1.165, 1.54) is 18.2 Å². The zero-order chi connectivity index (χ0) is 12.8. The van der Waals surface area contributed by atoms with Gasteiger partial charge in [0.2, 0.25) is 0 Å². The van der Waals surface area contributed by atoms with Crippen LogP contribution in [0.2, 0.25) is 0 Å². The lowest BCUT2D eigenvalue weighted by molar-refractivity contribution is -0.0997. The van der Waals surface area contributed by atoms with Crippen LogP contribution in [0.15, 0.2) is 18.2 Å². The van der Waals surface area contributed by atoms with Gasteiger partial charge < -0.3 is 25.0 Å². The number of phenols is 2. The Kier molecular flexibility index (Phi) is 5.21. The largest absolute Gasteiger partial charge is 0.508 e. The summed E-state index contributed by atoms with van der Waals surface area (Å²) in [5.41, 5.74) is 0.635. The average Bonchev–Trinajstić information content (AvgIpc) is 2.33. The lowest BCUT2D eigenvalue weighted by Gasteiger charge is -2.19. The number of benzene rings is 1. The van der Waals surface area contributed by atoms with Gasteiger partial charge in [-0.3, -0.25) is 0 Å². The first kappa shape index (κ1) is 13.8. The molecule has 0 bridgehead atoms. The molecule has 0 amide bonds. The van der Waals surface area contributed by atoms with Gasteiger partial charge in [-0.25, -0.2) is 0 Å². The van der Waals surface area contributed by atoms with Crippen LogP contribution in [0.4, 0.5) is 0 Å². The second-order valence-electron chi connectivity index (χ2n) is 3.77. The van der Waals surface area contributed by atoms with Crippen molar-refractivity contribution in [3.63, 3.8) is 0 Å². The molecular weight excluding hydrogens is 222 g/mol. The lowest BCUT2D eigenvalue weighted by Crippen LogP contribution is -2.31. The highest BCUT2D eigenvalue weighted by Crippen LogP contribution is 2.27. The van der Waals surface area contributed by atoms with Gasteiger partial charge in [-0.1, -0.05) is 0 Å². The smallest absolute Gasteiger partial charge is 0.169 e. The van der Waals surface area contributed by atoms with E-state index in [0.29, 0.717) is 12.1 Å². The summed E-state index contributed by atoms with van der Waals surface area (Å²) in [7, 11) is 3.12. The molecule has 0 aromatic heterocycles. The second-order valence-corrected chi connectivity index (χ2v) is 3.77. The van der Waals surface area contributed by atoms with E-state index in [4.69, 9.17) is 9.47 Å². The van der Waals surface area contributed by atoms with E-state index < -0.39 is 0 Å². The third kappa shape index (κ3) is 3.89. The molecule has 1 unspecified atom stereocenters. The summed E-state index contributed by atoms with van der Waals surface area (Å²) in [5.74, 6) is 0.274. The van der Waals surface area contributed by atoms with Gasteiger partial charge in [-0.15, -0.1) is 0 Å². The molecule has 3 N–H and O–H groups in total. The molecule has 1 aromatic carbocycles. The van der Waals surface area contributed by atoms with Crippen LogP contribution >= 0.6 is 0 Å². The number of methoxy groups -OCH3 is 2. The van der Waals surface area contributed by atoms with Crippen molar-refractivity contribution in [3.05, 3.63) is 23.8 Å². The van der Waals surface area contributed by atoms with Crippen LogP contribution in [-0.4, -0.2) is 37.3 Å². The Morgan fingerprint density at radius 1 is 1.24 bits per heavy atom. The van der Waals surface area contributed by atoms with E-state index in [2.05, 4.69) is 5.32 Å². The maximum atomic E-state index is 9.67. The van der Waals surface area contributed by atoms with Gasteiger partial charge in [-0.05, 0) is 25.1 Å².